The van der Waals surface area contributed by atoms with Crippen molar-refractivity contribution in [1.29, 1.82) is 0 Å². The number of likely N-dealkylation sites (tertiary alicyclic amines) is 1. The van der Waals surface area contributed by atoms with Gasteiger partial charge in [-0.1, -0.05) is 20.3 Å². The van der Waals surface area contributed by atoms with Crippen molar-refractivity contribution >= 4 is 0 Å². The molecule has 0 aliphatic carbocycles. The summed E-state index contributed by atoms with van der Waals surface area (Å²) < 4.78 is 0. The Morgan fingerprint density at radius 2 is 2.14 bits per heavy atom. The van der Waals surface area contributed by atoms with Gasteiger partial charge >= 0.3 is 0 Å². The monoisotopic (exact) mass is 198 g/mol. The third kappa shape index (κ3) is 3.97. The second-order valence-electron chi connectivity index (χ2n) is 4.39. The number of nitrogens with one attached hydrogen (secondary N) is 1. The molecule has 14 heavy (non-hydrogen) atoms. The third-order valence-corrected chi connectivity index (χ3v) is 3.10. The molecule has 0 spiro atoms. The second kappa shape index (κ2) is 7.24. The van der Waals surface area contributed by atoms with Crippen molar-refractivity contribution < 1.29 is 0 Å². The molecule has 84 valence electrons. The van der Waals surface area contributed by atoms with Crippen LogP contribution in [0.15, 0.2) is 0 Å². The van der Waals surface area contributed by atoms with Gasteiger partial charge in [-0.25, -0.2) is 0 Å². The molecule has 1 aliphatic heterocycles. The lowest BCUT2D eigenvalue weighted by atomic mass is 10.2. The van der Waals surface area contributed by atoms with E-state index in [0.29, 0.717) is 0 Å². The van der Waals surface area contributed by atoms with Crippen LogP contribution in [0.4, 0.5) is 0 Å². The zero-order chi connectivity index (χ0) is 10.2. The van der Waals surface area contributed by atoms with E-state index in [1.807, 2.05) is 0 Å². The summed E-state index contributed by atoms with van der Waals surface area (Å²) in [6.07, 6.45) is 6.72. The summed E-state index contributed by atoms with van der Waals surface area (Å²) in [5.41, 5.74) is 0. The van der Waals surface area contributed by atoms with Gasteiger partial charge in [-0.05, 0) is 45.3 Å². The fourth-order valence-corrected chi connectivity index (χ4v) is 2.28. The summed E-state index contributed by atoms with van der Waals surface area (Å²) in [6.45, 7) is 9.56. The van der Waals surface area contributed by atoms with Crippen LogP contribution in [0.2, 0.25) is 0 Å². The topological polar surface area (TPSA) is 15.3 Å². The van der Waals surface area contributed by atoms with Gasteiger partial charge in [-0.3, -0.25) is 4.90 Å². The van der Waals surface area contributed by atoms with E-state index in [1.165, 1.54) is 58.3 Å². The molecule has 1 N–H and O–H groups in total. The van der Waals surface area contributed by atoms with Gasteiger partial charge in [0.25, 0.3) is 0 Å². The summed E-state index contributed by atoms with van der Waals surface area (Å²) in [6, 6.07) is 0.826. The Morgan fingerprint density at radius 3 is 2.86 bits per heavy atom. The predicted molar refractivity (Wildman–Crippen MR) is 62.7 cm³/mol. The van der Waals surface area contributed by atoms with Crippen molar-refractivity contribution in [3.8, 4) is 0 Å². The number of nitrogens with zero attached hydrogens (tertiary/aromatic N) is 1. The molecule has 0 saturated carbocycles. The first-order valence-corrected chi connectivity index (χ1v) is 6.33. The highest BCUT2D eigenvalue weighted by molar-refractivity contribution is 4.80. The van der Waals surface area contributed by atoms with Crippen LogP contribution in [-0.2, 0) is 0 Å². The third-order valence-electron chi connectivity index (χ3n) is 3.10. The molecule has 1 fully saturated rings. The Bertz CT molecular complexity index is 136. The van der Waals surface area contributed by atoms with Crippen LogP contribution < -0.4 is 5.32 Å². The zero-order valence-electron chi connectivity index (χ0n) is 9.89. The van der Waals surface area contributed by atoms with E-state index in [9.17, 15) is 0 Å². The lowest BCUT2D eigenvalue weighted by molar-refractivity contribution is 0.248. The maximum atomic E-state index is 3.57. The highest BCUT2D eigenvalue weighted by Gasteiger charge is 2.22. The van der Waals surface area contributed by atoms with Gasteiger partial charge in [-0.2, -0.15) is 0 Å². The van der Waals surface area contributed by atoms with Gasteiger partial charge in [0.2, 0.25) is 0 Å². The van der Waals surface area contributed by atoms with Gasteiger partial charge in [0.05, 0.1) is 0 Å². The SMILES string of the molecule is CCCCNC[C@@H]1CCCN1CCC. The molecule has 2 nitrogen and oxygen atoms in total. The van der Waals surface area contributed by atoms with Crippen LogP contribution >= 0.6 is 0 Å². The minimum absolute atomic E-state index is 0.826. The molecule has 1 saturated heterocycles. The predicted octanol–water partition coefficient (Wildman–Crippen LogP) is 2.25. The number of hydrogen-bond donors (Lipinski definition) is 1. The van der Waals surface area contributed by atoms with E-state index in [4.69, 9.17) is 0 Å². The largest absolute Gasteiger partial charge is 0.315 e. The zero-order valence-corrected chi connectivity index (χ0v) is 9.89. The minimum atomic E-state index is 0.826. The average molecular weight is 198 g/mol. The molecule has 2 heteroatoms. The lowest BCUT2D eigenvalue weighted by Crippen LogP contribution is -2.38. The van der Waals surface area contributed by atoms with Crippen molar-refractivity contribution in [3.05, 3.63) is 0 Å². The lowest BCUT2D eigenvalue weighted by Gasteiger charge is -2.24. The van der Waals surface area contributed by atoms with Crippen molar-refractivity contribution in [3.63, 3.8) is 0 Å². The molecule has 0 bridgehead atoms. The van der Waals surface area contributed by atoms with Gasteiger partial charge in [0, 0.05) is 12.6 Å². The molecule has 1 rings (SSSR count). The van der Waals surface area contributed by atoms with E-state index in [-0.39, 0.29) is 0 Å². The van der Waals surface area contributed by atoms with Crippen LogP contribution in [0.25, 0.3) is 0 Å². The average Bonchev–Trinajstić information content (AvgIpc) is 2.61. The molecule has 0 aromatic rings. The summed E-state index contributed by atoms with van der Waals surface area (Å²) in [7, 11) is 0. The Balaban J connectivity index is 2.09. The van der Waals surface area contributed by atoms with Gasteiger partial charge < -0.3 is 5.32 Å². The Kier molecular flexibility index (Phi) is 6.20. The fourth-order valence-electron chi connectivity index (χ4n) is 2.28. The Morgan fingerprint density at radius 1 is 1.29 bits per heavy atom. The molecular weight excluding hydrogens is 172 g/mol. The molecule has 0 aromatic heterocycles. The smallest absolute Gasteiger partial charge is 0.0221 e. The Hall–Kier alpha value is -0.0800. The van der Waals surface area contributed by atoms with E-state index in [0.717, 1.165) is 6.04 Å². The van der Waals surface area contributed by atoms with Gasteiger partial charge in [-0.15, -0.1) is 0 Å². The first-order chi connectivity index (χ1) is 6.88. The van der Waals surface area contributed by atoms with E-state index in [1.54, 1.807) is 0 Å². The van der Waals surface area contributed by atoms with E-state index >= 15 is 0 Å². The first kappa shape index (κ1) is 12.0. The van der Waals surface area contributed by atoms with Crippen LogP contribution in [0, 0.1) is 0 Å². The van der Waals surface area contributed by atoms with Crippen LogP contribution in [0.1, 0.15) is 46.0 Å². The van der Waals surface area contributed by atoms with Crippen molar-refractivity contribution in [2.45, 2.75) is 52.0 Å². The molecule has 1 atom stereocenters. The summed E-state index contributed by atoms with van der Waals surface area (Å²) in [5, 5.41) is 3.57. The minimum Gasteiger partial charge on any atom is -0.315 e. The second-order valence-corrected chi connectivity index (χ2v) is 4.39. The molecule has 1 aliphatic rings. The standard InChI is InChI=1S/C12H26N2/c1-3-5-8-13-11-12-7-6-10-14(12)9-4-2/h12-13H,3-11H2,1-2H3/t12-/m0/s1. The summed E-state index contributed by atoms with van der Waals surface area (Å²) in [4.78, 5) is 2.65. The van der Waals surface area contributed by atoms with Crippen molar-refractivity contribution in [2.75, 3.05) is 26.2 Å². The molecule has 0 unspecified atom stereocenters. The number of hydrogen-bond acceptors (Lipinski definition) is 2. The van der Waals surface area contributed by atoms with E-state index in [2.05, 4.69) is 24.1 Å². The highest BCUT2D eigenvalue weighted by Crippen LogP contribution is 2.16. The molecule has 1 heterocycles. The van der Waals surface area contributed by atoms with Crippen molar-refractivity contribution in [2.24, 2.45) is 0 Å². The maximum Gasteiger partial charge on any atom is 0.0221 e. The van der Waals surface area contributed by atoms with Crippen molar-refractivity contribution in [1.82, 2.24) is 10.2 Å². The van der Waals surface area contributed by atoms with Crippen LogP contribution in [-0.4, -0.2) is 37.1 Å². The fraction of sp³-hybridized carbons (Fsp3) is 1.00. The normalized spacial score (nSPS) is 23.1. The highest BCUT2D eigenvalue weighted by atomic mass is 15.2. The molecule has 0 radical (unpaired) electrons. The first-order valence-electron chi connectivity index (χ1n) is 6.33. The van der Waals surface area contributed by atoms with Crippen LogP contribution in [0.3, 0.4) is 0 Å². The van der Waals surface area contributed by atoms with Gasteiger partial charge in [0.15, 0.2) is 0 Å². The van der Waals surface area contributed by atoms with Crippen LogP contribution in [0.5, 0.6) is 0 Å². The molecular formula is C12H26N2. The molecule has 0 aromatic carbocycles. The molecule has 0 amide bonds. The summed E-state index contributed by atoms with van der Waals surface area (Å²) >= 11 is 0. The van der Waals surface area contributed by atoms with E-state index < -0.39 is 0 Å². The Labute approximate surface area is 89.1 Å². The maximum absolute atomic E-state index is 3.57. The summed E-state index contributed by atoms with van der Waals surface area (Å²) in [5.74, 6) is 0. The van der Waals surface area contributed by atoms with Gasteiger partial charge in [0.1, 0.15) is 0 Å². The quantitative estimate of drug-likeness (QED) is 0.631. The number of unbranched alkanes of at least 4 members (excludes halogenated alkanes) is 1. The number of rotatable bonds is 7.